The summed E-state index contributed by atoms with van der Waals surface area (Å²) in [4.78, 5) is 21.0. The van der Waals surface area contributed by atoms with Crippen LogP contribution in [0.4, 0.5) is 0 Å². The van der Waals surface area contributed by atoms with Crippen LogP contribution in [0.25, 0.3) is 11.4 Å². The van der Waals surface area contributed by atoms with Crippen LogP contribution in [0, 0.1) is 6.92 Å². The molecule has 2 aromatic heterocycles. The third-order valence-corrected chi connectivity index (χ3v) is 4.14. The van der Waals surface area contributed by atoms with Crippen LogP contribution in [0.15, 0.2) is 42.7 Å². The highest BCUT2D eigenvalue weighted by Gasteiger charge is 2.14. The predicted molar refractivity (Wildman–Crippen MR) is 96.1 cm³/mol. The summed E-state index contributed by atoms with van der Waals surface area (Å²) in [5, 5.41) is 9.99. The van der Waals surface area contributed by atoms with Gasteiger partial charge in [0, 0.05) is 23.5 Å². The molecule has 0 bridgehead atoms. The van der Waals surface area contributed by atoms with Gasteiger partial charge in [0.2, 0.25) is 0 Å². The lowest BCUT2D eigenvalue weighted by atomic mass is 10.0. The van der Waals surface area contributed by atoms with Gasteiger partial charge in [-0.25, -0.2) is 4.98 Å². The second-order valence-corrected chi connectivity index (χ2v) is 5.94. The van der Waals surface area contributed by atoms with E-state index in [0.29, 0.717) is 11.4 Å². The first kappa shape index (κ1) is 16.8. The highest BCUT2D eigenvalue weighted by Crippen LogP contribution is 2.19. The van der Waals surface area contributed by atoms with Crippen LogP contribution < -0.4 is 5.32 Å². The molecule has 1 atom stereocenters. The van der Waals surface area contributed by atoms with Gasteiger partial charge >= 0.3 is 0 Å². The second-order valence-electron chi connectivity index (χ2n) is 5.94. The van der Waals surface area contributed by atoms with Crippen LogP contribution in [0.3, 0.4) is 0 Å². The van der Waals surface area contributed by atoms with Crippen molar-refractivity contribution in [1.82, 2.24) is 25.5 Å². The van der Waals surface area contributed by atoms with Crippen molar-refractivity contribution in [2.24, 2.45) is 0 Å². The number of hydrogen-bond donors (Lipinski definition) is 2. The lowest BCUT2D eigenvalue weighted by Crippen LogP contribution is -2.27. The summed E-state index contributed by atoms with van der Waals surface area (Å²) >= 11 is 0. The van der Waals surface area contributed by atoms with Crippen LogP contribution in [-0.4, -0.2) is 26.1 Å². The zero-order valence-corrected chi connectivity index (χ0v) is 14.6. The largest absolute Gasteiger partial charge is 0.346 e. The molecule has 0 saturated heterocycles. The Morgan fingerprint density at radius 1 is 1.24 bits per heavy atom. The minimum Gasteiger partial charge on any atom is -0.346 e. The van der Waals surface area contributed by atoms with Crippen LogP contribution in [0.1, 0.15) is 47.2 Å². The summed E-state index contributed by atoms with van der Waals surface area (Å²) in [5.41, 5.74) is 3.72. The average Bonchev–Trinajstić information content (AvgIpc) is 3.08. The number of benzene rings is 1. The third-order valence-electron chi connectivity index (χ3n) is 4.14. The Morgan fingerprint density at radius 2 is 2.00 bits per heavy atom. The fraction of sp³-hybridized carbons (Fsp3) is 0.263. The number of aryl methyl sites for hydroxylation is 2. The molecule has 6 heteroatoms. The standard InChI is InChI=1S/C19H21N5O/c1-4-14-11-20-10-9-17(14)12(2)21-19(25)16-7-5-15(6-8-16)18-22-13(3)23-24-18/h5-12H,4H2,1-3H3,(H,21,25)(H,22,23,24). The lowest BCUT2D eigenvalue weighted by Gasteiger charge is -2.17. The second kappa shape index (κ2) is 7.25. The zero-order chi connectivity index (χ0) is 17.8. The number of aromatic nitrogens is 4. The molecule has 128 valence electrons. The van der Waals surface area contributed by atoms with E-state index in [1.807, 2.05) is 38.2 Å². The number of hydrogen-bond acceptors (Lipinski definition) is 4. The van der Waals surface area contributed by atoms with Crippen LogP contribution in [-0.2, 0) is 6.42 Å². The minimum atomic E-state index is -0.107. The molecule has 1 unspecified atom stereocenters. The molecule has 1 aromatic carbocycles. The van der Waals surface area contributed by atoms with Crippen LogP contribution >= 0.6 is 0 Å². The maximum Gasteiger partial charge on any atom is 0.251 e. The summed E-state index contributed by atoms with van der Waals surface area (Å²) in [6.07, 6.45) is 4.49. The van der Waals surface area contributed by atoms with Crippen molar-refractivity contribution >= 4 is 5.91 Å². The third kappa shape index (κ3) is 3.74. The maximum atomic E-state index is 12.5. The van der Waals surface area contributed by atoms with Gasteiger partial charge in [0.05, 0.1) is 6.04 Å². The van der Waals surface area contributed by atoms with Gasteiger partial charge in [-0.15, -0.1) is 0 Å². The number of carbonyl (C=O) groups excluding carboxylic acids is 1. The highest BCUT2D eigenvalue weighted by atomic mass is 16.1. The van der Waals surface area contributed by atoms with Crippen LogP contribution in [0.5, 0.6) is 0 Å². The molecule has 0 aliphatic carbocycles. The van der Waals surface area contributed by atoms with Crippen LogP contribution in [0.2, 0.25) is 0 Å². The number of carbonyl (C=O) groups is 1. The predicted octanol–water partition coefficient (Wildman–Crippen LogP) is 3.23. The normalized spacial score (nSPS) is 12.0. The Kier molecular flexibility index (Phi) is 4.88. The maximum absolute atomic E-state index is 12.5. The number of pyridine rings is 1. The summed E-state index contributed by atoms with van der Waals surface area (Å²) in [6.45, 7) is 5.92. The van der Waals surface area contributed by atoms with Gasteiger partial charge in [0.15, 0.2) is 5.82 Å². The van der Waals surface area contributed by atoms with E-state index >= 15 is 0 Å². The fourth-order valence-corrected chi connectivity index (χ4v) is 2.76. The molecule has 0 aliphatic rings. The Labute approximate surface area is 146 Å². The molecule has 3 aromatic rings. The SMILES string of the molecule is CCc1cnccc1C(C)NC(=O)c1ccc(-c2n[nH]c(C)n2)cc1. The van der Waals surface area contributed by atoms with E-state index in [9.17, 15) is 4.79 Å². The van der Waals surface area contributed by atoms with E-state index < -0.39 is 0 Å². The number of nitrogens with one attached hydrogen (secondary N) is 2. The van der Waals surface area contributed by atoms with Crippen molar-refractivity contribution in [3.05, 3.63) is 65.2 Å². The van der Waals surface area contributed by atoms with Crippen molar-refractivity contribution in [3.8, 4) is 11.4 Å². The van der Waals surface area contributed by atoms with Gasteiger partial charge < -0.3 is 5.32 Å². The molecule has 6 nitrogen and oxygen atoms in total. The number of aromatic amines is 1. The van der Waals surface area contributed by atoms with E-state index in [0.717, 1.165) is 28.9 Å². The minimum absolute atomic E-state index is 0.0826. The average molecular weight is 335 g/mol. The van der Waals surface area contributed by atoms with Crippen molar-refractivity contribution in [3.63, 3.8) is 0 Å². The van der Waals surface area contributed by atoms with Gasteiger partial charge in [-0.05, 0) is 49.6 Å². The summed E-state index contributed by atoms with van der Waals surface area (Å²) in [7, 11) is 0. The van der Waals surface area contributed by atoms with E-state index in [2.05, 4.69) is 32.4 Å². The van der Waals surface area contributed by atoms with Gasteiger partial charge in [-0.3, -0.25) is 14.9 Å². The van der Waals surface area contributed by atoms with E-state index in [1.165, 1.54) is 0 Å². The molecule has 0 aliphatic heterocycles. The number of nitrogens with zero attached hydrogens (tertiary/aromatic N) is 3. The lowest BCUT2D eigenvalue weighted by molar-refractivity contribution is 0.0940. The Balaban J connectivity index is 1.72. The van der Waals surface area contributed by atoms with Gasteiger partial charge in [-0.2, -0.15) is 5.10 Å². The molecule has 0 radical (unpaired) electrons. The quantitative estimate of drug-likeness (QED) is 0.750. The Morgan fingerprint density at radius 3 is 2.64 bits per heavy atom. The molecule has 2 heterocycles. The first-order valence-electron chi connectivity index (χ1n) is 8.31. The van der Waals surface area contributed by atoms with Crippen molar-refractivity contribution < 1.29 is 4.79 Å². The van der Waals surface area contributed by atoms with E-state index in [-0.39, 0.29) is 11.9 Å². The zero-order valence-electron chi connectivity index (χ0n) is 14.6. The molecule has 0 spiro atoms. The van der Waals surface area contributed by atoms with Crippen molar-refractivity contribution in [2.45, 2.75) is 33.2 Å². The van der Waals surface area contributed by atoms with Crippen molar-refractivity contribution in [2.75, 3.05) is 0 Å². The molecule has 0 fully saturated rings. The van der Waals surface area contributed by atoms with Gasteiger partial charge in [-0.1, -0.05) is 19.1 Å². The van der Waals surface area contributed by atoms with E-state index in [1.54, 1.807) is 18.3 Å². The molecule has 0 saturated carbocycles. The van der Waals surface area contributed by atoms with Gasteiger partial charge in [0.25, 0.3) is 5.91 Å². The highest BCUT2D eigenvalue weighted by molar-refractivity contribution is 5.94. The number of rotatable bonds is 5. The summed E-state index contributed by atoms with van der Waals surface area (Å²) < 4.78 is 0. The first-order valence-corrected chi connectivity index (χ1v) is 8.31. The first-order chi connectivity index (χ1) is 12.1. The summed E-state index contributed by atoms with van der Waals surface area (Å²) in [5.74, 6) is 1.28. The smallest absolute Gasteiger partial charge is 0.251 e. The van der Waals surface area contributed by atoms with E-state index in [4.69, 9.17) is 0 Å². The monoisotopic (exact) mass is 335 g/mol. The van der Waals surface area contributed by atoms with Crippen molar-refractivity contribution in [1.29, 1.82) is 0 Å². The molecule has 3 rings (SSSR count). The topological polar surface area (TPSA) is 83.6 Å². The number of amides is 1. The molecule has 25 heavy (non-hydrogen) atoms. The molecular weight excluding hydrogens is 314 g/mol. The van der Waals surface area contributed by atoms with Gasteiger partial charge in [0.1, 0.15) is 5.82 Å². The summed E-state index contributed by atoms with van der Waals surface area (Å²) in [6, 6.07) is 9.16. The Bertz CT molecular complexity index is 870. The molecular formula is C19H21N5O. The number of H-pyrrole nitrogens is 1. The molecule has 1 amide bonds. The fourth-order valence-electron chi connectivity index (χ4n) is 2.76. The molecule has 2 N–H and O–H groups in total. The Hall–Kier alpha value is -3.02.